The summed E-state index contributed by atoms with van der Waals surface area (Å²) in [5, 5.41) is 30.4. The predicted molar refractivity (Wildman–Crippen MR) is 176 cm³/mol. The lowest BCUT2D eigenvalue weighted by Crippen LogP contribution is -2.44. The van der Waals surface area contributed by atoms with Gasteiger partial charge in [0, 0.05) is 34.3 Å². The molecule has 0 aliphatic carbocycles. The van der Waals surface area contributed by atoms with E-state index in [0.717, 1.165) is 33.4 Å². The molecule has 0 radical (unpaired) electrons. The van der Waals surface area contributed by atoms with Gasteiger partial charge in [-0.3, -0.25) is 9.48 Å². The zero-order valence-corrected chi connectivity index (χ0v) is 27.0. The van der Waals surface area contributed by atoms with Gasteiger partial charge in [-0.1, -0.05) is 77.9 Å². The number of carbonyl (C=O) groups excluding carboxylic acids is 1. The number of aryl methyl sites for hydroxylation is 1. The number of allylic oxidation sites excluding steroid dienone is 4. The van der Waals surface area contributed by atoms with E-state index < -0.39 is 11.5 Å². The molecule has 2 N–H and O–H groups in total. The van der Waals surface area contributed by atoms with Gasteiger partial charge in [-0.15, -0.1) is 5.10 Å². The first-order valence-corrected chi connectivity index (χ1v) is 15.6. The van der Waals surface area contributed by atoms with Gasteiger partial charge >= 0.3 is 0 Å². The lowest BCUT2D eigenvalue weighted by Gasteiger charge is -2.27. The van der Waals surface area contributed by atoms with Crippen LogP contribution in [0, 0.1) is 9.49 Å². The van der Waals surface area contributed by atoms with E-state index in [1.807, 2.05) is 73.8 Å². The van der Waals surface area contributed by atoms with Gasteiger partial charge in [0.05, 0.1) is 23.9 Å². The molecule has 3 aromatic rings. The Morgan fingerprint density at radius 3 is 2.57 bits per heavy atom. The summed E-state index contributed by atoms with van der Waals surface area (Å²) in [5.74, 6) is -0.945. The highest BCUT2D eigenvalue weighted by atomic mass is 127. The van der Waals surface area contributed by atoms with E-state index in [9.17, 15) is 15.0 Å². The fraction of sp³-hybridized carbons (Fsp3) is 0.382. The number of halogens is 1. The number of amides is 1. The standard InChI is InChI=1S/C34H41IN4O3/c1-24(2)11-10-12-25(3)18-20-39-32-17-16-28(35)21-30(32)34(42,33(39)41)26(4)13-8-9-19-38-22-31(36-37-38)29(23-40)27-14-6-5-7-15-27/h5-8,11,13-18,21-22,26,29,40,42H,9-10,12,19-20,23H2,1-4H3/b13-8+,25-18+/t26-,29?,34+/m0/s1. The van der Waals surface area contributed by atoms with Crippen molar-refractivity contribution in [3.05, 3.63) is 111 Å². The number of hydrogen-bond donors (Lipinski definition) is 2. The second-order valence-electron chi connectivity index (χ2n) is 11.3. The van der Waals surface area contributed by atoms with Crippen LogP contribution in [0.5, 0.6) is 0 Å². The van der Waals surface area contributed by atoms with E-state index >= 15 is 0 Å². The van der Waals surface area contributed by atoms with Gasteiger partial charge in [-0.2, -0.15) is 0 Å². The number of aromatic nitrogens is 3. The van der Waals surface area contributed by atoms with Gasteiger partial charge in [0.15, 0.2) is 5.60 Å². The largest absolute Gasteiger partial charge is 0.395 e. The molecule has 0 spiro atoms. The molecule has 0 saturated carbocycles. The van der Waals surface area contributed by atoms with Gasteiger partial charge in [0.2, 0.25) is 0 Å². The summed E-state index contributed by atoms with van der Waals surface area (Å²) in [6.07, 6.45) is 12.7. The summed E-state index contributed by atoms with van der Waals surface area (Å²) in [4.78, 5) is 15.5. The number of aliphatic hydroxyl groups is 2. The molecule has 2 aromatic carbocycles. The zero-order valence-electron chi connectivity index (χ0n) is 24.9. The Labute approximate surface area is 262 Å². The summed E-state index contributed by atoms with van der Waals surface area (Å²) in [7, 11) is 0. The van der Waals surface area contributed by atoms with Crippen molar-refractivity contribution in [3.8, 4) is 0 Å². The van der Waals surface area contributed by atoms with Crippen LogP contribution in [-0.2, 0) is 16.9 Å². The fourth-order valence-corrected chi connectivity index (χ4v) is 5.81. The maximum Gasteiger partial charge on any atom is 0.264 e. The van der Waals surface area contributed by atoms with Crippen molar-refractivity contribution in [1.82, 2.24) is 15.0 Å². The number of rotatable bonds is 13. The third-order valence-corrected chi connectivity index (χ3v) is 8.52. The molecular weight excluding hydrogens is 639 g/mol. The average molecular weight is 681 g/mol. The Morgan fingerprint density at radius 1 is 1.10 bits per heavy atom. The maximum atomic E-state index is 13.8. The molecular formula is C34H41IN4O3. The van der Waals surface area contributed by atoms with Crippen molar-refractivity contribution in [2.45, 2.75) is 65.0 Å². The van der Waals surface area contributed by atoms with Crippen LogP contribution >= 0.6 is 22.6 Å². The lowest BCUT2D eigenvalue weighted by molar-refractivity contribution is -0.139. The number of fused-ring (bicyclic) bond motifs is 1. The Bertz CT molecular complexity index is 1460. The highest BCUT2D eigenvalue weighted by Gasteiger charge is 2.52. The Balaban J connectivity index is 1.43. The number of aliphatic hydroxyl groups excluding tert-OH is 1. The molecule has 1 unspecified atom stereocenters. The second kappa shape index (κ2) is 14.4. The molecule has 0 bridgehead atoms. The number of benzene rings is 2. The highest BCUT2D eigenvalue weighted by Crippen LogP contribution is 2.45. The number of hydrogen-bond acceptors (Lipinski definition) is 5. The van der Waals surface area contributed by atoms with Crippen LogP contribution in [0.2, 0.25) is 0 Å². The monoisotopic (exact) mass is 680 g/mol. The van der Waals surface area contributed by atoms with Crippen molar-refractivity contribution in [2.24, 2.45) is 5.92 Å². The van der Waals surface area contributed by atoms with Gasteiger partial charge < -0.3 is 15.1 Å². The quantitative estimate of drug-likeness (QED) is 0.159. The third kappa shape index (κ3) is 7.27. The van der Waals surface area contributed by atoms with Crippen LogP contribution in [0.25, 0.3) is 0 Å². The molecule has 7 nitrogen and oxygen atoms in total. The lowest BCUT2D eigenvalue weighted by atomic mass is 9.83. The summed E-state index contributed by atoms with van der Waals surface area (Å²) < 4.78 is 2.74. The average Bonchev–Trinajstić information content (AvgIpc) is 3.52. The molecule has 0 saturated heterocycles. The Hall–Kier alpha value is -3.08. The van der Waals surface area contributed by atoms with E-state index in [1.165, 1.54) is 11.1 Å². The fourth-order valence-electron chi connectivity index (χ4n) is 5.32. The van der Waals surface area contributed by atoms with E-state index in [1.54, 1.807) is 9.58 Å². The molecule has 2 heterocycles. The molecule has 222 valence electrons. The minimum Gasteiger partial charge on any atom is -0.395 e. The molecule has 1 aliphatic heterocycles. The van der Waals surface area contributed by atoms with Crippen molar-refractivity contribution >= 4 is 34.2 Å². The summed E-state index contributed by atoms with van der Waals surface area (Å²) in [6, 6.07) is 15.6. The molecule has 1 aromatic heterocycles. The van der Waals surface area contributed by atoms with Crippen LogP contribution in [0.4, 0.5) is 5.69 Å². The molecule has 8 heteroatoms. The van der Waals surface area contributed by atoms with Gasteiger partial charge in [0.25, 0.3) is 5.91 Å². The van der Waals surface area contributed by atoms with E-state index in [4.69, 9.17) is 0 Å². The van der Waals surface area contributed by atoms with Gasteiger partial charge in [-0.05, 0) is 86.4 Å². The van der Waals surface area contributed by atoms with E-state index in [0.29, 0.717) is 25.1 Å². The number of carbonyl (C=O) groups is 1. The summed E-state index contributed by atoms with van der Waals surface area (Å²) >= 11 is 2.23. The predicted octanol–water partition coefficient (Wildman–Crippen LogP) is 6.52. The minimum atomic E-state index is -1.64. The Kier molecular flexibility index (Phi) is 10.9. The molecule has 42 heavy (non-hydrogen) atoms. The summed E-state index contributed by atoms with van der Waals surface area (Å²) in [6.45, 7) is 9.15. The number of anilines is 1. The van der Waals surface area contributed by atoms with Crippen molar-refractivity contribution < 1.29 is 15.0 Å². The van der Waals surface area contributed by atoms with E-state index in [2.05, 4.69) is 65.8 Å². The van der Waals surface area contributed by atoms with Gasteiger partial charge in [0.1, 0.15) is 0 Å². The molecule has 1 aliphatic rings. The molecule has 1 amide bonds. The molecule has 4 rings (SSSR count). The maximum absolute atomic E-state index is 13.8. The van der Waals surface area contributed by atoms with Gasteiger partial charge in [-0.25, -0.2) is 0 Å². The first-order chi connectivity index (χ1) is 20.1. The van der Waals surface area contributed by atoms with E-state index in [-0.39, 0.29) is 18.4 Å². The normalized spacial score (nSPS) is 18.4. The Morgan fingerprint density at radius 2 is 1.86 bits per heavy atom. The first-order valence-electron chi connectivity index (χ1n) is 14.5. The van der Waals surface area contributed by atoms with Crippen molar-refractivity contribution in [2.75, 3.05) is 18.1 Å². The second-order valence-corrected chi connectivity index (χ2v) is 12.5. The SMILES string of the molecule is CC(C)=CCC/C(C)=C/CN1C(=O)[C@@](O)([C@@H](C)/C=C/CCn2cc(C(CO)c3ccccc3)nn2)c2cc(I)ccc21. The highest BCUT2D eigenvalue weighted by molar-refractivity contribution is 14.1. The van der Waals surface area contributed by atoms with Crippen LogP contribution in [0.1, 0.15) is 69.7 Å². The van der Waals surface area contributed by atoms with Crippen LogP contribution in [-0.4, -0.2) is 44.3 Å². The number of nitrogens with zero attached hydrogens (tertiary/aromatic N) is 4. The van der Waals surface area contributed by atoms with Crippen molar-refractivity contribution in [1.29, 1.82) is 0 Å². The smallest absolute Gasteiger partial charge is 0.264 e. The topological polar surface area (TPSA) is 91.5 Å². The van der Waals surface area contributed by atoms with Crippen LogP contribution in [0.15, 0.2) is 90.2 Å². The van der Waals surface area contributed by atoms with Crippen LogP contribution < -0.4 is 4.90 Å². The minimum absolute atomic E-state index is 0.0462. The zero-order chi connectivity index (χ0) is 30.3. The van der Waals surface area contributed by atoms with Crippen LogP contribution in [0.3, 0.4) is 0 Å². The van der Waals surface area contributed by atoms with Crippen molar-refractivity contribution in [3.63, 3.8) is 0 Å². The summed E-state index contributed by atoms with van der Waals surface area (Å²) in [5.41, 5.74) is 4.03. The first kappa shape index (κ1) is 31.8. The molecule has 0 fully saturated rings. The third-order valence-electron chi connectivity index (χ3n) is 7.85. The molecule has 3 atom stereocenters.